The highest BCUT2D eigenvalue weighted by atomic mass is 16.1. The van der Waals surface area contributed by atoms with Gasteiger partial charge < -0.3 is 10.2 Å². The molecule has 1 fully saturated rings. The van der Waals surface area contributed by atoms with Crippen LogP contribution in [0, 0.1) is 19.8 Å². The summed E-state index contributed by atoms with van der Waals surface area (Å²) in [4.78, 5) is 14.7. The van der Waals surface area contributed by atoms with E-state index in [9.17, 15) is 4.79 Å². The quantitative estimate of drug-likeness (QED) is 0.826. The van der Waals surface area contributed by atoms with Crippen LogP contribution in [-0.4, -0.2) is 30.4 Å². The van der Waals surface area contributed by atoms with Gasteiger partial charge in [0, 0.05) is 18.7 Å². The van der Waals surface area contributed by atoms with Crippen molar-refractivity contribution in [1.29, 1.82) is 0 Å². The molecular formula is C23H30N2O. The Morgan fingerprint density at radius 1 is 1.04 bits per heavy atom. The summed E-state index contributed by atoms with van der Waals surface area (Å²) in [7, 11) is 0. The summed E-state index contributed by atoms with van der Waals surface area (Å²) in [6.07, 6.45) is 4.21. The van der Waals surface area contributed by atoms with Gasteiger partial charge in [-0.2, -0.15) is 0 Å². The van der Waals surface area contributed by atoms with Crippen molar-refractivity contribution in [1.82, 2.24) is 4.90 Å². The molecule has 1 aliphatic heterocycles. The fourth-order valence-corrected chi connectivity index (χ4v) is 3.66. The zero-order valence-corrected chi connectivity index (χ0v) is 16.0. The molecule has 0 aliphatic carbocycles. The first kappa shape index (κ1) is 18.7. The summed E-state index contributed by atoms with van der Waals surface area (Å²) >= 11 is 0. The molecule has 0 unspecified atom stereocenters. The molecule has 138 valence electrons. The molecule has 2 aromatic rings. The van der Waals surface area contributed by atoms with Gasteiger partial charge in [-0.05, 0) is 80.9 Å². The molecule has 1 saturated heterocycles. The van der Waals surface area contributed by atoms with Gasteiger partial charge in [-0.1, -0.05) is 36.4 Å². The molecule has 0 atom stereocenters. The molecule has 0 bridgehead atoms. The lowest BCUT2D eigenvalue weighted by molar-refractivity contribution is -0.116. The lowest BCUT2D eigenvalue weighted by Gasteiger charge is -2.31. The lowest BCUT2D eigenvalue weighted by atomic mass is 9.90. The zero-order chi connectivity index (χ0) is 18.4. The number of amides is 1. The van der Waals surface area contributed by atoms with Gasteiger partial charge in [0.2, 0.25) is 5.91 Å². The first-order valence-corrected chi connectivity index (χ1v) is 9.73. The van der Waals surface area contributed by atoms with Crippen LogP contribution in [0.15, 0.2) is 48.5 Å². The predicted molar refractivity (Wildman–Crippen MR) is 108 cm³/mol. The van der Waals surface area contributed by atoms with Crippen molar-refractivity contribution in [3.63, 3.8) is 0 Å². The van der Waals surface area contributed by atoms with E-state index >= 15 is 0 Å². The van der Waals surface area contributed by atoms with Gasteiger partial charge in [0.25, 0.3) is 0 Å². The van der Waals surface area contributed by atoms with Crippen molar-refractivity contribution >= 4 is 11.6 Å². The van der Waals surface area contributed by atoms with E-state index in [1.165, 1.54) is 36.0 Å². The van der Waals surface area contributed by atoms with Crippen LogP contribution in [0.1, 0.15) is 36.0 Å². The Labute approximate surface area is 157 Å². The lowest BCUT2D eigenvalue weighted by Crippen LogP contribution is -2.36. The minimum atomic E-state index is 0.111. The van der Waals surface area contributed by atoms with Gasteiger partial charge >= 0.3 is 0 Å². The van der Waals surface area contributed by atoms with Crippen LogP contribution in [0.2, 0.25) is 0 Å². The normalized spacial score (nSPS) is 15.8. The maximum Gasteiger partial charge on any atom is 0.225 e. The van der Waals surface area contributed by atoms with E-state index in [1.807, 2.05) is 12.1 Å². The number of anilines is 1. The molecule has 1 aliphatic rings. The second-order valence-electron chi connectivity index (χ2n) is 7.57. The van der Waals surface area contributed by atoms with Crippen molar-refractivity contribution < 1.29 is 4.79 Å². The molecule has 3 heteroatoms. The van der Waals surface area contributed by atoms with Crippen molar-refractivity contribution in [2.75, 3.05) is 25.0 Å². The number of benzene rings is 2. The second-order valence-corrected chi connectivity index (χ2v) is 7.57. The number of likely N-dealkylation sites (tertiary alicyclic amines) is 1. The van der Waals surface area contributed by atoms with Crippen molar-refractivity contribution in [3.8, 4) is 0 Å². The van der Waals surface area contributed by atoms with Crippen LogP contribution >= 0.6 is 0 Å². The second kappa shape index (κ2) is 9.00. The van der Waals surface area contributed by atoms with E-state index in [1.54, 1.807) is 0 Å². The Morgan fingerprint density at radius 3 is 2.46 bits per heavy atom. The Balaban J connectivity index is 1.38. The summed E-state index contributed by atoms with van der Waals surface area (Å²) in [6, 6.07) is 16.9. The number of piperidine rings is 1. The smallest absolute Gasteiger partial charge is 0.225 e. The Morgan fingerprint density at radius 2 is 1.77 bits per heavy atom. The van der Waals surface area contributed by atoms with Crippen LogP contribution in [-0.2, 0) is 11.2 Å². The van der Waals surface area contributed by atoms with Gasteiger partial charge in [-0.25, -0.2) is 0 Å². The van der Waals surface area contributed by atoms with E-state index in [2.05, 4.69) is 60.5 Å². The van der Waals surface area contributed by atoms with Gasteiger partial charge in [0.1, 0.15) is 0 Å². The molecule has 0 spiro atoms. The highest BCUT2D eigenvalue weighted by Gasteiger charge is 2.19. The highest BCUT2D eigenvalue weighted by Crippen LogP contribution is 2.22. The first-order valence-electron chi connectivity index (χ1n) is 9.73. The van der Waals surface area contributed by atoms with Crippen molar-refractivity contribution in [3.05, 3.63) is 65.2 Å². The number of carbonyl (C=O) groups excluding carboxylic acids is 1. The average molecular weight is 351 g/mol. The first-order chi connectivity index (χ1) is 12.6. The van der Waals surface area contributed by atoms with Gasteiger partial charge in [0.05, 0.1) is 0 Å². The Kier molecular flexibility index (Phi) is 6.45. The molecule has 1 N–H and O–H groups in total. The third-order valence-electron chi connectivity index (χ3n) is 5.52. The molecule has 2 aromatic carbocycles. The topological polar surface area (TPSA) is 32.3 Å². The van der Waals surface area contributed by atoms with Gasteiger partial charge in [0.15, 0.2) is 0 Å². The van der Waals surface area contributed by atoms with E-state index < -0.39 is 0 Å². The molecule has 1 heterocycles. The van der Waals surface area contributed by atoms with E-state index in [0.29, 0.717) is 6.42 Å². The Hall–Kier alpha value is -2.13. The summed E-state index contributed by atoms with van der Waals surface area (Å²) in [5, 5.41) is 3.03. The number of nitrogens with zero attached hydrogens (tertiary/aromatic N) is 1. The molecule has 0 aromatic heterocycles. The monoisotopic (exact) mass is 350 g/mol. The fourth-order valence-electron chi connectivity index (χ4n) is 3.66. The van der Waals surface area contributed by atoms with Crippen molar-refractivity contribution in [2.45, 2.75) is 39.5 Å². The van der Waals surface area contributed by atoms with Crippen LogP contribution in [0.3, 0.4) is 0 Å². The maximum absolute atomic E-state index is 12.2. The Bertz CT molecular complexity index is 718. The number of nitrogens with one attached hydrogen (secondary N) is 1. The van der Waals surface area contributed by atoms with Crippen molar-refractivity contribution in [2.24, 2.45) is 5.92 Å². The predicted octanol–water partition coefficient (Wildman–Crippen LogP) is 4.59. The standard InChI is InChI=1S/C23H30N2O/c1-18-8-9-22(16-19(18)2)24-23(26)12-15-25-13-10-21(11-14-25)17-20-6-4-3-5-7-20/h3-9,16,21H,10-15,17H2,1-2H3,(H,24,26). The summed E-state index contributed by atoms with van der Waals surface area (Å²) in [6.45, 7) is 7.23. The zero-order valence-electron chi connectivity index (χ0n) is 16.0. The third kappa shape index (κ3) is 5.43. The number of carbonyl (C=O) groups is 1. The molecule has 0 saturated carbocycles. The molecular weight excluding hydrogens is 320 g/mol. The summed E-state index contributed by atoms with van der Waals surface area (Å²) in [5.41, 5.74) is 4.81. The van der Waals surface area contributed by atoms with Gasteiger partial charge in [-0.15, -0.1) is 0 Å². The summed E-state index contributed by atoms with van der Waals surface area (Å²) < 4.78 is 0. The van der Waals surface area contributed by atoms with Crippen LogP contribution in [0.4, 0.5) is 5.69 Å². The minimum Gasteiger partial charge on any atom is -0.326 e. The third-order valence-corrected chi connectivity index (χ3v) is 5.52. The molecule has 3 rings (SSSR count). The number of hydrogen-bond acceptors (Lipinski definition) is 2. The SMILES string of the molecule is Cc1ccc(NC(=O)CCN2CCC(Cc3ccccc3)CC2)cc1C. The largest absolute Gasteiger partial charge is 0.326 e. The molecule has 26 heavy (non-hydrogen) atoms. The number of rotatable bonds is 6. The fraction of sp³-hybridized carbons (Fsp3) is 0.435. The summed E-state index contributed by atoms with van der Waals surface area (Å²) in [5.74, 6) is 0.887. The highest BCUT2D eigenvalue weighted by molar-refractivity contribution is 5.90. The van der Waals surface area contributed by atoms with E-state index in [0.717, 1.165) is 31.2 Å². The molecule has 3 nitrogen and oxygen atoms in total. The van der Waals surface area contributed by atoms with Crippen LogP contribution in [0.5, 0.6) is 0 Å². The van der Waals surface area contributed by atoms with Crippen LogP contribution < -0.4 is 5.32 Å². The average Bonchev–Trinajstić information content (AvgIpc) is 2.65. The minimum absolute atomic E-state index is 0.111. The molecule has 0 radical (unpaired) electrons. The molecule has 1 amide bonds. The van der Waals surface area contributed by atoms with E-state index in [4.69, 9.17) is 0 Å². The van der Waals surface area contributed by atoms with E-state index in [-0.39, 0.29) is 5.91 Å². The van der Waals surface area contributed by atoms with Crippen LogP contribution in [0.25, 0.3) is 0 Å². The maximum atomic E-state index is 12.2. The van der Waals surface area contributed by atoms with Gasteiger partial charge in [-0.3, -0.25) is 4.79 Å². The number of hydrogen-bond donors (Lipinski definition) is 1. The number of aryl methyl sites for hydroxylation is 2.